The van der Waals surface area contributed by atoms with Gasteiger partial charge in [-0.05, 0) is 49.2 Å². The van der Waals surface area contributed by atoms with Gasteiger partial charge in [-0.3, -0.25) is 10.0 Å². The number of hydrazine groups is 1. The van der Waals surface area contributed by atoms with Gasteiger partial charge in [0.25, 0.3) is 0 Å². The van der Waals surface area contributed by atoms with Crippen LogP contribution in [-0.4, -0.2) is 27.8 Å². The van der Waals surface area contributed by atoms with E-state index >= 15 is 0 Å². The lowest BCUT2D eigenvalue weighted by atomic mass is 9.93. The quantitative estimate of drug-likeness (QED) is 0.217. The normalized spacial score (nSPS) is 15.1. The predicted octanol–water partition coefficient (Wildman–Crippen LogP) is 4.15. The Labute approximate surface area is 201 Å². The molecule has 1 atom stereocenters. The van der Waals surface area contributed by atoms with Crippen LogP contribution in [0.15, 0.2) is 65.7 Å². The summed E-state index contributed by atoms with van der Waals surface area (Å²) >= 11 is 0. The van der Waals surface area contributed by atoms with E-state index in [9.17, 15) is 13.6 Å². The second-order valence-electron chi connectivity index (χ2n) is 8.02. The summed E-state index contributed by atoms with van der Waals surface area (Å²) in [7, 11) is 0. The van der Waals surface area contributed by atoms with Crippen molar-refractivity contribution in [3.8, 4) is 11.4 Å². The molecule has 0 spiro atoms. The van der Waals surface area contributed by atoms with Gasteiger partial charge in [0.15, 0.2) is 0 Å². The van der Waals surface area contributed by atoms with Crippen molar-refractivity contribution >= 4 is 23.1 Å². The predicted molar refractivity (Wildman–Crippen MR) is 130 cm³/mol. The molecule has 2 heterocycles. The van der Waals surface area contributed by atoms with Crippen molar-refractivity contribution in [2.45, 2.75) is 32.7 Å². The Hall–Kier alpha value is -4.05. The molecule has 0 radical (unpaired) electrons. The molecule has 1 aliphatic heterocycles. The lowest BCUT2D eigenvalue weighted by molar-refractivity contribution is -0.138. The van der Waals surface area contributed by atoms with Crippen molar-refractivity contribution in [1.29, 1.82) is 0 Å². The summed E-state index contributed by atoms with van der Waals surface area (Å²) in [6.07, 6.45) is 5.36. The number of hydrogen-bond donors (Lipinski definition) is 2. The minimum Gasteiger partial charge on any atom is -0.461 e. The van der Waals surface area contributed by atoms with Crippen LogP contribution in [-0.2, 0) is 16.1 Å². The second kappa shape index (κ2) is 10.1. The zero-order valence-corrected chi connectivity index (χ0v) is 19.4. The minimum absolute atomic E-state index is 0.0398. The van der Waals surface area contributed by atoms with Crippen LogP contribution in [0, 0.1) is 11.6 Å². The number of halogens is 2. The van der Waals surface area contributed by atoms with E-state index in [1.165, 1.54) is 11.2 Å². The number of carbonyl (C=O) groups is 1. The van der Waals surface area contributed by atoms with E-state index in [1.54, 1.807) is 30.0 Å². The monoisotopic (exact) mass is 480 g/mol. The molecule has 0 bridgehead atoms. The first kappa shape index (κ1) is 24.1. The SMILES string of the molecule is CCOC(=O)/C(N)=C/N(N)c1ccc2c(c1)N=C(Cn1ccnc1-c1cc(F)ccc1F)C2CC. The number of aromatic nitrogens is 2. The number of fused-ring (bicyclic) bond motifs is 1. The number of carbonyl (C=O) groups excluding carboxylic acids is 1. The Bertz CT molecular complexity index is 1320. The van der Waals surface area contributed by atoms with Gasteiger partial charge >= 0.3 is 5.97 Å². The second-order valence-corrected chi connectivity index (χ2v) is 8.02. The maximum Gasteiger partial charge on any atom is 0.355 e. The lowest BCUT2D eigenvalue weighted by Gasteiger charge is -2.17. The zero-order chi connectivity index (χ0) is 25.1. The number of nitrogens with zero attached hydrogens (tertiary/aromatic N) is 4. The van der Waals surface area contributed by atoms with Crippen molar-refractivity contribution in [2.24, 2.45) is 16.6 Å². The Morgan fingerprint density at radius 2 is 2.03 bits per heavy atom. The minimum atomic E-state index is -0.652. The van der Waals surface area contributed by atoms with Crippen LogP contribution in [0.4, 0.5) is 20.2 Å². The molecule has 0 saturated heterocycles. The van der Waals surface area contributed by atoms with Crippen LogP contribution in [0.1, 0.15) is 31.7 Å². The molecule has 0 aliphatic carbocycles. The van der Waals surface area contributed by atoms with E-state index in [1.807, 2.05) is 12.1 Å². The number of benzene rings is 2. The van der Waals surface area contributed by atoms with Gasteiger partial charge in [0.1, 0.15) is 23.2 Å². The van der Waals surface area contributed by atoms with E-state index in [2.05, 4.69) is 11.9 Å². The number of imidazole rings is 1. The molecule has 1 aliphatic rings. The molecule has 8 nitrogen and oxygen atoms in total. The fraction of sp³-hybridized carbons (Fsp3) is 0.240. The van der Waals surface area contributed by atoms with Gasteiger partial charge < -0.3 is 15.0 Å². The van der Waals surface area contributed by atoms with Gasteiger partial charge in [-0.2, -0.15) is 0 Å². The molecule has 182 valence electrons. The summed E-state index contributed by atoms with van der Waals surface area (Å²) in [5, 5.41) is 1.24. The largest absolute Gasteiger partial charge is 0.461 e. The highest BCUT2D eigenvalue weighted by Crippen LogP contribution is 2.40. The highest BCUT2D eigenvalue weighted by atomic mass is 19.1. The van der Waals surface area contributed by atoms with E-state index in [0.717, 1.165) is 41.6 Å². The molecular weight excluding hydrogens is 454 g/mol. The van der Waals surface area contributed by atoms with Crippen LogP contribution in [0.2, 0.25) is 0 Å². The Morgan fingerprint density at radius 1 is 1.23 bits per heavy atom. The summed E-state index contributed by atoms with van der Waals surface area (Å²) in [6.45, 7) is 4.31. The molecule has 35 heavy (non-hydrogen) atoms. The van der Waals surface area contributed by atoms with Crippen LogP contribution < -0.4 is 16.6 Å². The fourth-order valence-corrected chi connectivity index (χ4v) is 4.11. The van der Waals surface area contributed by atoms with Crippen molar-refractivity contribution in [2.75, 3.05) is 11.6 Å². The van der Waals surface area contributed by atoms with Crippen LogP contribution in [0.3, 0.4) is 0 Å². The Kier molecular flexibility index (Phi) is 6.92. The Balaban J connectivity index is 1.61. The molecule has 0 saturated carbocycles. The number of nitrogens with two attached hydrogens (primary N) is 2. The number of ether oxygens (including phenoxy) is 1. The molecule has 3 aromatic rings. The van der Waals surface area contributed by atoms with Gasteiger partial charge in [0.05, 0.1) is 36.3 Å². The first-order valence-corrected chi connectivity index (χ1v) is 11.2. The highest BCUT2D eigenvalue weighted by Gasteiger charge is 2.27. The molecular formula is C25H26F2N6O2. The first-order valence-electron chi connectivity index (χ1n) is 11.2. The van der Waals surface area contributed by atoms with Gasteiger partial charge in [0, 0.05) is 24.0 Å². The average molecular weight is 481 g/mol. The fourth-order valence-electron chi connectivity index (χ4n) is 4.11. The number of anilines is 1. The molecule has 2 aromatic carbocycles. The summed E-state index contributed by atoms with van der Waals surface area (Å²) < 4.78 is 34.8. The van der Waals surface area contributed by atoms with E-state index in [0.29, 0.717) is 18.1 Å². The van der Waals surface area contributed by atoms with Crippen molar-refractivity contribution in [3.05, 3.63) is 77.9 Å². The van der Waals surface area contributed by atoms with Crippen molar-refractivity contribution < 1.29 is 18.3 Å². The summed E-state index contributed by atoms with van der Waals surface area (Å²) in [4.78, 5) is 20.8. The third-order valence-corrected chi connectivity index (χ3v) is 5.77. The van der Waals surface area contributed by atoms with Crippen LogP contribution in [0.25, 0.3) is 11.4 Å². The third-order valence-electron chi connectivity index (χ3n) is 5.77. The average Bonchev–Trinajstić information content (AvgIpc) is 3.44. The van der Waals surface area contributed by atoms with E-state index in [-0.39, 0.29) is 23.8 Å². The van der Waals surface area contributed by atoms with Gasteiger partial charge in [-0.1, -0.05) is 13.0 Å². The Morgan fingerprint density at radius 3 is 2.77 bits per heavy atom. The molecule has 1 unspecified atom stereocenters. The zero-order valence-electron chi connectivity index (χ0n) is 19.4. The van der Waals surface area contributed by atoms with Gasteiger partial charge in [0.2, 0.25) is 0 Å². The number of aliphatic imine (C=N–C) groups is 1. The first-order chi connectivity index (χ1) is 16.8. The standard InChI is InChI=1S/C25H26F2N6O2/c1-3-17-18-7-6-16(33(29)13-21(28)25(34)35-4-2)12-22(18)31-23(17)14-32-10-9-30-24(32)19-11-15(26)5-8-20(19)27/h5-13,17H,3-4,14,28-29H2,1-2H3/b21-13-. The maximum absolute atomic E-state index is 14.4. The smallest absolute Gasteiger partial charge is 0.355 e. The van der Waals surface area contributed by atoms with Crippen molar-refractivity contribution in [1.82, 2.24) is 9.55 Å². The highest BCUT2D eigenvalue weighted by molar-refractivity contribution is 5.98. The van der Waals surface area contributed by atoms with Crippen LogP contribution >= 0.6 is 0 Å². The molecule has 0 amide bonds. The third kappa shape index (κ3) is 4.92. The summed E-state index contributed by atoms with van der Waals surface area (Å²) in [5.41, 5.74) is 8.93. The summed E-state index contributed by atoms with van der Waals surface area (Å²) in [5.74, 6) is 4.71. The number of hydrogen-bond acceptors (Lipinski definition) is 7. The molecule has 0 fully saturated rings. The molecule has 1 aromatic heterocycles. The van der Waals surface area contributed by atoms with E-state index in [4.69, 9.17) is 21.3 Å². The summed E-state index contributed by atoms with van der Waals surface area (Å²) in [6, 6.07) is 8.86. The molecule has 10 heteroatoms. The lowest BCUT2D eigenvalue weighted by Crippen LogP contribution is -2.28. The van der Waals surface area contributed by atoms with Gasteiger partial charge in [-0.25, -0.2) is 24.4 Å². The number of esters is 1. The van der Waals surface area contributed by atoms with Gasteiger partial charge in [-0.15, -0.1) is 0 Å². The maximum atomic E-state index is 14.4. The topological polar surface area (TPSA) is 112 Å². The molecule has 4 N–H and O–H groups in total. The van der Waals surface area contributed by atoms with E-state index < -0.39 is 17.6 Å². The molecule has 4 rings (SSSR count). The van der Waals surface area contributed by atoms with Crippen molar-refractivity contribution in [3.63, 3.8) is 0 Å². The van der Waals surface area contributed by atoms with Crippen LogP contribution in [0.5, 0.6) is 0 Å². The number of rotatable bonds is 8.